The zero-order chi connectivity index (χ0) is 13.0. The van der Waals surface area contributed by atoms with Crippen LogP contribution < -0.4 is 5.32 Å². The second-order valence-electron chi connectivity index (χ2n) is 5.71. The maximum Gasteiger partial charge on any atom is 0.223 e. The van der Waals surface area contributed by atoms with Crippen LogP contribution in [-0.2, 0) is 9.53 Å². The van der Waals surface area contributed by atoms with Crippen LogP contribution >= 0.6 is 0 Å². The fraction of sp³-hybridized carbons (Fsp3) is 0.929. The van der Waals surface area contributed by atoms with Gasteiger partial charge in [0.25, 0.3) is 0 Å². The third-order valence-corrected chi connectivity index (χ3v) is 3.92. The summed E-state index contributed by atoms with van der Waals surface area (Å²) in [4.78, 5) is 14.3. The Hall–Kier alpha value is -0.610. The molecule has 104 valence electrons. The normalized spacial score (nSPS) is 27.6. The Morgan fingerprint density at radius 3 is 3.06 bits per heavy atom. The van der Waals surface area contributed by atoms with Gasteiger partial charge in [-0.2, -0.15) is 0 Å². The van der Waals surface area contributed by atoms with Crippen molar-refractivity contribution in [1.29, 1.82) is 0 Å². The Labute approximate surface area is 110 Å². The molecule has 2 atom stereocenters. The Morgan fingerprint density at radius 2 is 2.28 bits per heavy atom. The molecule has 0 bridgehead atoms. The summed E-state index contributed by atoms with van der Waals surface area (Å²) in [6.45, 7) is 6.70. The highest BCUT2D eigenvalue weighted by molar-refractivity contribution is 5.76. The molecule has 1 amide bonds. The van der Waals surface area contributed by atoms with E-state index in [4.69, 9.17) is 4.74 Å². The third-order valence-electron chi connectivity index (χ3n) is 3.92. The molecule has 4 heteroatoms. The molecule has 2 fully saturated rings. The molecule has 0 radical (unpaired) electrons. The summed E-state index contributed by atoms with van der Waals surface area (Å²) in [7, 11) is 0. The first kappa shape index (κ1) is 13.8. The number of morpholine rings is 1. The summed E-state index contributed by atoms with van der Waals surface area (Å²) in [5, 5.41) is 3.35. The zero-order valence-electron chi connectivity index (χ0n) is 11.7. The molecule has 2 rings (SSSR count). The monoisotopic (exact) mass is 254 g/mol. The lowest BCUT2D eigenvalue weighted by Gasteiger charge is -2.37. The van der Waals surface area contributed by atoms with E-state index in [2.05, 4.69) is 24.1 Å². The standard InChI is InChI=1S/C14H26N2O2/c1-11(2)15-8-4-7-14(17)16-9-10-18-13-6-3-5-12(13)16/h11-13,15H,3-10H2,1-2H3. The molecule has 1 saturated heterocycles. The SMILES string of the molecule is CC(C)NCCCC(=O)N1CCOC2CCCC21. The van der Waals surface area contributed by atoms with Gasteiger partial charge >= 0.3 is 0 Å². The lowest BCUT2D eigenvalue weighted by Crippen LogP contribution is -2.51. The van der Waals surface area contributed by atoms with Crippen LogP contribution in [0.25, 0.3) is 0 Å². The minimum absolute atomic E-state index is 0.316. The van der Waals surface area contributed by atoms with E-state index < -0.39 is 0 Å². The molecule has 0 aromatic carbocycles. The molecule has 1 heterocycles. The minimum atomic E-state index is 0.316. The maximum absolute atomic E-state index is 12.2. The van der Waals surface area contributed by atoms with Crippen LogP contribution in [0, 0.1) is 0 Å². The minimum Gasteiger partial charge on any atom is -0.374 e. The smallest absolute Gasteiger partial charge is 0.223 e. The molecule has 2 aliphatic rings. The van der Waals surface area contributed by atoms with E-state index in [-0.39, 0.29) is 0 Å². The summed E-state index contributed by atoms with van der Waals surface area (Å²) in [6, 6.07) is 0.868. The van der Waals surface area contributed by atoms with Crippen molar-refractivity contribution in [3.8, 4) is 0 Å². The second-order valence-corrected chi connectivity index (χ2v) is 5.71. The van der Waals surface area contributed by atoms with E-state index in [0.717, 1.165) is 39.0 Å². The first-order valence-corrected chi connectivity index (χ1v) is 7.33. The third kappa shape index (κ3) is 3.45. The van der Waals surface area contributed by atoms with Crippen molar-refractivity contribution in [3.63, 3.8) is 0 Å². The van der Waals surface area contributed by atoms with Gasteiger partial charge in [-0.15, -0.1) is 0 Å². The van der Waals surface area contributed by atoms with Crippen LogP contribution in [-0.4, -0.2) is 48.7 Å². The molecular formula is C14H26N2O2. The van der Waals surface area contributed by atoms with E-state index in [9.17, 15) is 4.79 Å². The fourth-order valence-corrected chi connectivity index (χ4v) is 3.01. The lowest BCUT2D eigenvalue weighted by molar-refractivity contribution is -0.144. The topological polar surface area (TPSA) is 41.6 Å². The van der Waals surface area contributed by atoms with Gasteiger partial charge in [0.05, 0.1) is 18.8 Å². The lowest BCUT2D eigenvalue weighted by atomic mass is 10.1. The Balaban J connectivity index is 1.74. The Morgan fingerprint density at radius 1 is 1.44 bits per heavy atom. The summed E-state index contributed by atoms with van der Waals surface area (Å²) >= 11 is 0. The highest BCUT2D eigenvalue weighted by Gasteiger charge is 2.37. The van der Waals surface area contributed by atoms with Crippen molar-refractivity contribution in [2.45, 2.75) is 64.1 Å². The molecule has 2 unspecified atom stereocenters. The largest absolute Gasteiger partial charge is 0.374 e. The van der Waals surface area contributed by atoms with Gasteiger partial charge < -0.3 is 15.0 Å². The molecule has 1 N–H and O–H groups in total. The first-order valence-electron chi connectivity index (χ1n) is 7.33. The van der Waals surface area contributed by atoms with Gasteiger partial charge in [-0.1, -0.05) is 13.8 Å². The number of carbonyl (C=O) groups is 1. The van der Waals surface area contributed by atoms with Crippen molar-refractivity contribution in [2.75, 3.05) is 19.7 Å². The maximum atomic E-state index is 12.2. The predicted molar refractivity (Wildman–Crippen MR) is 71.5 cm³/mol. The summed E-state index contributed by atoms with van der Waals surface area (Å²) in [5.41, 5.74) is 0. The predicted octanol–water partition coefficient (Wildman–Crippen LogP) is 1.54. The second kappa shape index (κ2) is 6.53. The molecule has 4 nitrogen and oxygen atoms in total. The van der Waals surface area contributed by atoms with Crippen molar-refractivity contribution in [3.05, 3.63) is 0 Å². The van der Waals surface area contributed by atoms with Gasteiger partial charge in [-0.3, -0.25) is 4.79 Å². The number of rotatable bonds is 5. The van der Waals surface area contributed by atoms with Crippen molar-refractivity contribution in [2.24, 2.45) is 0 Å². The molecule has 1 aliphatic carbocycles. The van der Waals surface area contributed by atoms with E-state index in [1.807, 2.05) is 0 Å². The number of amides is 1. The molecule has 1 aliphatic heterocycles. The number of carbonyl (C=O) groups excluding carboxylic acids is 1. The van der Waals surface area contributed by atoms with Crippen LogP contribution in [0.4, 0.5) is 0 Å². The summed E-state index contributed by atoms with van der Waals surface area (Å²) in [5.74, 6) is 0.320. The number of hydrogen-bond acceptors (Lipinski definition) is 3. The van der Waals surface area contributed by atoms with Crippen molar-refractivity contribution in [1.82, 2.24) is 10.2 Å². The van der Waals surface area contributed by atoms with Crippen LogP contribution in [0.2, 0.25) is 0 Å². The highest BCUT2D eigenvalue weighted by Crippen LogP contribution is 2.30. The molecule has 0 aromatic rings. The van der Waals surface area contributed by atoms with Crippen molar-refractivity contribution >= 4 is 5.91 Å². The van der Waals surface area contributed by atoms with E-state index in [0.29, 0.717) is 30.5 Å². The summed E-state index contributed by atoms with van der Waals surface area (Å²) < 4.78 is 5.73. The highest BCUT2D eigenvalue weighted by atomic mass is 16.5. The molecular weight excluding hydrogens is 228 g/mol. The molecule has 1 saturated carbocycles. The average molecular weight is 254 g/mol. The van der Waals surface area contributed by atoms with Crippen LogP contribution in [0.3, 0.4) is 0 Å². The van der Waals surface area contributed by atoms with Gasteiger partial charge in [-0.05, 0) is 32.2 Å². The van der Waals surface area contributed by atoms with E-state index in [1.165, 1.54) is 6.42 Å². The molecule has 18 heavy (non-hydrogen) atoms. The Bertz CT molecular complexity index is 281. The van der Waals surface area contributed by atoms with E-state index in [1.54, 1.807) is 0 Å². The van der Waals surface area contributed by atoms with Crippen LogP contribution in [0.1, 0.15) is 46.0 Å². The molecule has 0 spiro atoms. The van der Waals surface area contributed by atoms with Gasteiger partial charge in [0, 0.05) is 19.0 Å². The molecule has 0 aromatic heterocycles. The Kier molecular flexibility index (Phi) is 5.01. The zero-order valence-corrected chi connectivity index (χ0v) is 11.7. The number of nitrogens with one attached hydrogen (secondary N) is 1. The average Bonchev–Trinajstić information content (AvgIpc) is 2.82. The van der Waals surface area contributed by atoms with Crippen LogP contribution in [0.5, 0.6) is 0 Å². The fourth-order valence-electron chi connectivity index (χ4n) is 3.01. The van der Waals surface area contributed by atoms with Gasteiger partial charge in [0.15, 0.2) is 0 Å². The quantitative estimate of drug-likeness (QED) is 0.757. The number of nitrogens with zero attached hydrogens (tertiary/aromatic N) is 1. The van der Waals surface area contributed by atoms with Gasteiger partial charge in [-0.25, -0.2) is 0 Å². The van der Waals surface area contributed by atoms with E-state index >= 15 is 0 Å². The first-order chi connectivity index (χ1) is 8.68. The van der Waals surface area contributed by atoms with Gasteiger partial charge in [0.2, 0.25) is 5.91 Å². The number of hydrogen-bond donors (Lipinski definition) is 1. The summed E-state index contributed by atoms with van der Waals surface area (Å²) in [6.07, 6.45) is 5.38. The van der Waals surface area contributed by atoms with Gasteiger partial charge in [0.1, 0.15) is 0 Å². The number of fused-ring (bicyclic) bond motifs is 1. The number of ether oxygens (including phenoxy) is 1. The van der Waals surface area contributed by atoms with Crippen LogP contribution in [0.15, 0.2) is 0 Å². The van der Waals surface area contributed by atoms with Crippen molar-refractivity contribution < 1.29 is 9.53 Å².